The first-order valence-electron chi connectivity index (χ1n) is 8.26. The van der Waals surface area contributed by atoms with Crippen molar-refractivity contribution in [3.8, 4) is 11.5 Å². The van der Waals surface area contributed by atoms with Crippen LogP contribution in [0.15, 0.2) is 86.0 Å². The van der Waals surface area contributed by atoms with Crippen molar-refractivity contribution in [1.29, 1.82) is 0 Å². The van der Waals surface area contributed by atoms with Crippen LogP contribution in [0.1, 0.15) is 20.7 Å². The Hall–Kier alpha value is -4.08. The van der Waals surface area contributed by atoms with Crippen LogP contribution >= 0.6 is 0 Å². The Morgan fingerprint density at radius 1 is 0.742 bits per heavy atom. The number of nitrogens with one attached hydrogen (secondary N) is 2. The predicted octanol–water partition coefficient (Wildman–Crippen LogP) is 0.328. The van der Waals surface area contributed by atoms with Crippen molar-refractivity contribution in [2.75, 3.05) is 0 Å². The molecule has 4 rings (SSSR count). The summed E-state index contributed by atoms with van der Waals surface area (Å²) >= 11 is 0. The number of carboxylic acid groups (broad SMARTS) is 2. The van der Waals surface area contributed by atoms with Crippen molar-refractivity contribution in [2.45, 2.75) is 0 Å². The van der Waals surface area contributed by atoms with Crippen LogP contribution in [0.2, 0.25) is 0 Å². The maximum atomic E-state index is 10.1. The zero-order valence-corrected chi connectivity index (χ0v) is 16.7. The maximum Gasteiger partial charge on any atom is 2.00 e. The van der Waals surface area contributed by atoms with Gasteiger partial charge in [0.1, 0.15) is 11.5 Å². The van der Waals surface area contributed by atoms with Gasteiger partial charge in [-0.1, -0.05) is 24.3 Å². The number of carbonyl (C=O) groups is 2. The number of rotatable bonds is 2. The second-order valence-corrected chi connectivity index (χ2v) is 5.20. The van der Waals surface area contributed by atoms with Crippen molar-refractivity contribution in [2.24, 2.45) is 0 Å². The number of hydrogen-bond donors (Lipinski definition) is 4. The van der Waals surface area contributed by atoms with E-state index in [1.807, 2.05) is 0 Å². The molecule has 31 heavy (non-hydrogen) atoms. The molecule has 165 valence electrons. The molecule has 0 spiro atoms. The van der Waals surface area contributed by atoms with E-state index in [0.717, 1.165) is 12.1 Å². The Kier molecular flexibility index (Phi) is 13.7. The number of aromatic hydroxyl groups is 2. The molecule has 0 aliphatic carbocycles. The molecule has 4 N–H and O–H groups in total. The number of aromatic amines is 2. The smallest absolute Gasteiger partial charge is 0.545 e. The quantitative estimate of drug-likeness (QED) is 0.300. The number of carboxylic acids is 2. The summed E-state index contributed by atoms with van der Waals surface area (Å²) in [5.41, 5.74) is -0.0278. The third kappa shape index (κ3) is 12.9. The van der Waals surface area contributed by atoms with E-state index in [4.69, 9.17) is 10.2 Å². The molecule has 0 aliphatic heterocycles. The molecule has 10 nitrogen and oxygen atoms in total. The third-order valence-electron chi connectivity index (χ3n) is 2.98. The first-order chi connectivity index (χ1) is 14.4. The van der Waals surface area contributed by atoms with E-state index < -0.39 is 11.9 Å². The Labute approximate surface area is 187 Å². The van der Waals surface area contributed by atoms with Crippen molar-refractivity contribution in [3.63, 3.8) is 0 Å². The number of phenols is 2. The molecular formula is C20H18CuN4O6. The van der Waals surface area contributed by atoms with Gasteiger partial charge < -0.3 is 40.0 Å². The number of phenolic OH excluding ortho intramolecular Hbond substituents is 2. The summed E-state index contributed by atoms with van der Waals surface area (Å²) in [6.45, 7) is 0. The summed E-state index contributed by atoms with van der Waals surface area (Å²) in [6, 6.07) is 10.7. The number of imidazole rings is 2. The Bertz CT molecular complexity index is 878. The molecule has 0 saturated heterocycles. The summed E-state index contributed by atoms with van der Waals surface area (Å²) in [7, 11) is 0. The summed E-state index contributed by atoms with van der Waals surface area (Å²) in [5, 5.41) is 37.8. The van der Waals surface area contributed by atoms with Gasteiger partial charge in [-0.05, 0) is 24.3 Å². The van der Waals surface area contributed by atoms with Crippen LogP contribution in [0.25, 0.3) is 0 Å². The molecule has 0 saturated carbocycles. The van der Waals surface area contributed by atoms with Gasteiger partial charge in [-0.15, -0.1) is 0 Å². The van der Waals surface area contributed by atoms with Gasteiger partial charge in [-0.2, -0.15) is 0 Å². The molecule has 0 aliphatic rings. The van der Waals surface area contributed by atoms with Crippen molar-refractivity contribution in [1.82, 2.24) is 19.9 Å². The van der Waals surface area contributed by atoms with Crippen LogP contribution in [0.3, 0.4) is 0 Å². The fourth-order valence-electron chi connectivity index (χ4n) is 1.70. The zero-order valence-electron chi connectivity index (χ0n) is 15.8. The summed E-state index contributed by atoms with van der Waals surface area (Å²) in [6.07, 6.45) is 10.2. The molecule has 0 atom stereocenters. The molecule has 2 aromatic carbocycles. The van der Waals surface area contributed by atoms with Crippen LogP contribution in [0.4, 0.5) is 0 Å². The molecule has 2 aromatic heterocycles. The standard InChI is InChI=1S/2C7H6O3.2C3H4N2.Cu/c2*8-6-3-1-2-5(4-6)7(9)10;2*1-2-5-3-4-1;/h2*1-4,8H,(H,9,10);2*1-3H,(H,4,5);/q;;;;+2/p-2. The van der Waals surface area contributed by atoms with Crippen LogP contribution in [-0.2, 0) is 17.1 Å². The fourth-order valence-corrected chi connectivity index (χ4v) is 1.70. The molecule has 0 fully saturated rings. The van der Waals surface area contributed by atoms with Crippen molar-refractivity contribution in [3.05, 3.63) is 97.1 Å². The molecule has 11 heteroatoms. The van der Waals surface area contributed by atoms with E-state index in [1.54, 1.807) is 37.4 Å². The van der Waals surface area contributed by atoms with Gasteiger partial charge in [-0.25, -0.2) is 9.97 Å². The number of hydrogen-bond acceptors (Lipinski definition) is 8. The number of benzene rings is 2. The molecular weight excluding hydrogens is 456 g/mol. The van der Waals surface area contributed by atoms with E-state index in [1.165, 1.54) is 36.4 Å². The first kappa shape index (κ1) is 26.9. The van der Waals surface area contributed by atoms with E-state index in [-0.39, 0.29) is 39.7 Å². The Morgan fingerprint density at radius 3 is 1.29 bits per heavy atom. The summed E-state index contributed by atoms with van der Waals surface area (Å²) < 4.78 is 0. The summed E-state index contributed by atoms with van der Waals surface area (Å²) in [4.78, 5) is 33.1. The number of H-pyrrole nitrogens is 2. The van der Waals surface area contributed by atoms with Crippen LogP contribution < -0.4 is 10.2 Å². The second kappa shape index (κ2) is 15.8. The molecule has 0 unspecified atom stereocenters. The largest absolute Gasteiger partial charge is 2.00 e. The van der Waals surface area contributed by atoms with Gasteiger partial charge in [0, 0.05) is 35.9 Å². The Morgan fingerprint density at radius 2 is 1.13 bits per heavy atom. The predicted molar refractivity (Wildman–Crippen MR) is 102 cm³/mol. The van der Waals surface area contributed by atoms with Crippen molar-refractivity contribution >= 4 is 11.9 Å². The maximum absolute atomic E-state index is 10.1. The fraction of sp³-hybridized carbons (Fsp3) is 0. The van der Waals surface area contributed by atoms with Gasteiger partial charge in [0.2, 0.25) is 0 Å². The van der Waals surface area contributed by atoms with Gasteiger partial charge in [0.25, 0.3) is 0 Å². The van der Waals surface area contributed by atoms with Gasteiger partial charge in [0.15, 0.2) is 0 Å². The van der Waals surface area contributed by atoms with Gasteiger partial charge in [-0.3, -0.25) is 0 Å². The first-order valence-corrected chi connectivity index (χ1v) is 8.26. The zero-order chi connectivity index (χ0) is 22.2. The van der Waals surface area contributed by atoms with E-state index in [9.17, 15) is 19.8 Å². The summed E-state index contributed by atoms with van der Waals surface area (Å²) in [5.74, 6) is -2.70. The van der Waals surface area contributed by atoms with Gasteiger partial charge >= 0.3 is 17.1 Å². The molecule has 4 aromatic rings. The second-order valence-electron chi connectivity index (χ2n) is 5.20. The Balaban J connectivity index is 0.000000401. The normalized spacial score (nSPS) is 8.52. The molecule has 0 bridgehead atoms. The minimum Gasteiger partial charge on any atom is -0.545 e. The minimum absolute atomic E-state index is 0. The van der Waals surface area contributed by atoms with E-state index in [0.29, 0.717) is 0 Å². The average Bonchev–Trinajstić information content (AvgIpc) is 3.47. The minimum atomic E-state index is -1.28. The van der Waals surface area contributed by atoms with Crippen molar-refractivity contribution < 1.29 is 47.1 Å². The van der Waals surface area contributed by atoms with Crippen LogP contribution in [-0.4, -0.2) is 42.1 Å². The third-order valence-corrected chi connectivity index (χ3v) is 2.98. The van der Waals surface area contributed by atoms with E-state index >= 15 is 0 Å². The molecule has 0 amide bonds. The number of carbonyl (C=O) groups excluding carboxylic acids is 2. The topological polar surface area (TPSA) is 178 Å². The average molecular weight is 474 g/mol. The number of aromatic nitrogens is 4. The number of aromatic carboxylic acids is 2. The monoisotopic (exact) mass is 473 g/mol. The van der Waals surface area contributed by atoms with E-state index in [2.05, 4.69) is 19.9 Å². The van der Waals surface area contributed by atoms with Gasteiger partial charge in [0.05, 0.1) is 24.6 Å². The molecule has 2 heterocycles. The number of nitrogens with zero attached hydrogens (tertiary/aromatic N) is 2. The van der Waals surface area contributed by atoms with Crippen LogP contribution in [0, 0.1) is 0 Å². The van der Waals surface area contributed by atoms with Crippen LogP contribution in [0.5, 0.6) is 11.5 Å². The SMILES string of the molecule is O=C([O-])c1cccc(O)c1.O=C([O-])c1cccc(O)c1.[Cu+2].c1c[nH]cn1.c1c[nH]cn1. The molecule has 1 radical (unpaired) electrons.